The monoisotopic (exact) mass is 294 g/mol. The summed E-state index contributed by atoms with van der Waals surface area (Å²) >= 11 is 3.24. The lowest BCUT2D eigenvalue weighted by Gasteiger charge is -2.09. The van der Waals surface area contributed by atoms with Gasteiger partial charge < -0.3 is 4.74 Å². The number of hydrogen-bond donors (Lipinski definition) is 0. The van der Waals surface area contributed by atoms with E-state index in [2.05, 4.69) is 15.9 Å². The van der Waals surface area contributed by atoms with Crippen molar-refractivity contribution in [3.8, 4) is 5.75 Å². The van der Waals surface area contributed by atoms with Crippen LogP contribution in [0, 0.1) is 18.6 Å². The molecule has 1 rings (SSSR count). The van der Waals surface area contributed by atoms with E-state index in [0.717, 1.165) is 17.8 Å². The van der Waals surface area contributed by atoms with Crippen molar-refractivity contribution in [2.45, 2.75) is 27.2 Å². The van der Waals surface area contributed by atoms with Crippen LogP contribution in [-0.4, -0.2) is 11.9 Å². The smallest absolute Gasteiger partial charge is 0.168 e. The molecule has 0 atom stereocenters. The molecule has 1 aromatic carbocycles. The van der Waals surface area contributed by atoms with Crippen LogP contribution < -0.4 is 4.74 Å². The van der Waals surface area contributed by atoms with Crippen LogP contribution in [0.2, 0.25) is 0 Å². The summed E-state index contributed by atoms with van der Waals surface area (Å²) in [5, 5.41) is 0.800. The molecule has 0 N–H and O–H groups in total. The highest BCUT2D eigenvalue weighted by Crippen LogP contribution is 2.23. The molecule has 0 spiro atoms. The van der Waals surface area contributed by atoms with Crippen molar-refractivity contribution in [3.05, 3.63) is 29.3 Å². The van der Waals surface area contributed by atoms with E-state index in [9.17, 15) is 8.78 Å². The van der Waals surface area contributed by atoms with E-state index in [-0.39, 0.29) is 5.75 Å². The highest BCUT2D eigenvalue weighted by Gasteiger charge is 2.08. The van der Waals surface area contributed by atoms with Gasteiger partial charge in [-0.15, -0.1) is 0 Å². The second-order valence-electron chi connectivity index (χ2n) is 2.92. The molecule has 0 heterocycles. The summed E-state index contributed by atoms with van der Waals surface area (Å²) in [6.07, 6.45) is 0.788. The molecule has 16 heavy (non-hydrogen) atoms. The molecule has 4 heteroatoms. The zero-order valence-corrected chi connectivity index (χ0v) is 11.4. The maximum atomic E-state index is 13.2. The van der Waals surface area contributed by atoms with Gasteiger partial charge in [0, 0.05) is 11.4 Å². The molecule has 0 saturated carbocycles. The third kappa shape index (κ3) is 4.92. The Morgan fingerprint density at radius 1 is 1.25 bits per heavy atom. The standard InChI is InChI=1S/C10H11BrF2O.C2H6/c1-7-5-8(12)6-9(13)10(7)14-4-2-3-11;1-2/h5-6H,2-4H2,1H3;1-2H3. The molecule has 0 unspecified atom stereocenters. The quantitative estimate of drug-likeness (QED) is 0.588. The zero-order valence-electron chi connectivity index (χ0n) is 9.82. The molecular weight excluding hydrogens is 278 g/mol. The van der Waals surface area contributed by atoms with Gasteiger partial charge in [0.25, 0.3) is 0 Å². The fraction of sp³-hybridized carbons (Fsp3) is 0.500. The van der Waals surface area contributed by atoms with Crippen LogP contribution in [0.25, 0.3) is 0 Å². The summed E-state index contributed by atoms with van der Waals surface area (Å²) in [4.78, 5) is 0. The second-order valence-corrected chi connectivity index (χ2v) is 3.72. The van der Waals surface area contributed by atoms with Crippen LogP contribution in [0.3, 0.4) is 0 Å². The van der Waals surface area contributed by atoms with Gasteiger partial charge >= 0.3 is 0 Å². The second kappa shape index (κ2) is 8.50. The van der Waals surface area contributed by atoms with E-state index in [1.165, 1.54) is 6.07 Å². The highest BCUT2D eigenvalue weighted by atomic mass is 79.9. The van der Waals surface area contributed by atoms with Gasteiger partial charge in [0.2, 0.25) is 0 Å². The van der Waals surface area contributed by atoms with E-state index in [0.29, 0.717) is 12.2 Å². The maximum Gasteiger partial charge on any atom is 0.168 e. The van der Waals surface area contributed by atoms with Gasteiger partial charge in [-0.3, -0.25) is 0 Å². The van der Waals surface area contributed by atoms with Gasteiger partial charge in [-0.05, 0) is 25.0 Å². The summed E-state index contributed by atoms with van der Waals surface area (Å²) in [7, 11) is 0. The zero-order chi connectivity index (χ0) is 12.6. The summed E-state index contributed by atoms with van der Waals surface area (Å²) in [6, 6.07) is 2.09. The van der Waals surface area contributed by atoms with Crippen LogP contribution in [0.1, 0.15) is 25.8 Å². The first-order valence-corrected chi connectivity index (χ1v) is 6.41. The van der Waals surface area contributed by atoms with Crippen LogP contribution >= 0.6 is 15.9 Å². The normalized spacial score (nSPS) is 9.38. The van der Waals surface area contributed by atoms with Gasteiger partial charge in [0.15, 0.2) is 11.6 Å². The van der Waals surface area contributed by atoms with Crippen molar-refractivity contribution in [3.63, 3.8) is 0 Å². The first-order chi connectivity index (χ1) is 7.65. The molecule has 0 saturated heterocycles. The number of ether oxygens (including phenoxy) is 1. The fourth-order valence-electron chi connectivity index (χ4n) is 1.10. The molecule has 0 radical (unpaired) electrons. The molecule has 0 fully saturated rings. The number of benzene rings is 1. The lowest BCUT2D eigenvalue weighted by molar-refractivity contribution is 0.299. The van der Waals surface area contributed by atoms with E-state index in [1.807, 2.05) is 13.8 Å². The molecule has 0 aliphatic carbocycles. The van der Waals surface area contributed by atoms with E-state index >= 15 is 0 Å². The van der Waals surface area contributed by atoms with Gasteiger partial charge in [0.05, 0.1) is 6.61 Å². The molecule has 0 aromatic heterocycles. The molecule has 1 nitrogen and oxygen atoms in total. The first-order valence-electron chi connectivity index (χ1n) is 5.29. The Labute approximate surface area is 104 Å². The van der Waals surface area contributed by atoms with Gasteiger partial charge in [-0.25, -0.2) is 8.78 Å². The third-order valence-electron chi connectivity index (χ3n) is 1.72. The van der Waals surface area contributed by atoms with Crippen LogP contribution in [-0.2, 0) is 0 Å². The van der Waals surface area contributed by atoms with E-state index in [4.69, 9.17) is 4.74 Å². The predicted molar refractivity (Wildman–Crippen MR) is 66.3 cm³/mol. The molecule has 92 valence electrons. The number of hydrogen-bond acceptors (Lipinski definition) is 1. The lowest BCUT2D eigenvalue weighted by atomic mass is 10.2. The Balaban J connectivity index is 0.00000106. The Morgan fingerprint density at radius 3 is 2.38 bits per heavy atom. The van der Waals surface area contributed by atoms with Crippen molar-refractivity contribution < 1.29 is 13.5 Å². The summed E-state index contributed by atoms with van der Waals surface area (Å²) < 4.78 is 31.0. The number of halogens is 3. The topological polar surface area (TPSA) is 9.23 Å². The molecule has 0 aliphatic rings. The Morgan fingerprint density at radius 2 is 1.88 bits per heavy atom. The number of rotatable bonds is 4. The number of alkyl halides is 1. The number of aryl methyl sites for hydroxylation is 1. The summed E-state index contributed by atoms with van der Waals surface area (Å²) in [6.45, 7) is 6.05. The largest absolute Gasteiger partial charge is 0.490 e. The Hall–Kier alpha value is -0.640. The van der Waals surface area contributed by atoms with Crippen LogP contribution in [0.5, 0.6) is 5.75 Å². The minimum atomic E-state index is -0.642. The van der Waals surface area contributed by atoms with Crippen molar-refractivity contribution in [2.24, 2.45) is 0 Å². The molecular formula is C12H17BrF2O. The van der Waals surface area contributed by atoms with Gasteiger partial charge in [-0.1, -0.05) is 29.8 Å². The molecule has 0 amide bonds. The van der Waals surface area contributed by atoms with E-state index < -0.39 is 11.6 Å². The van der Waals surface area contributed by atoms with Crippen LogP contribution in [0.15, 0.2) is 12.1 Å². The predicted octanol–water partition coefficient (Wildman–Crippen LogP) is 4.46. The van der Waals surface area contributed by atoms with E-state index in [1.54, 1.807) is 6.92 Å². The van der Waals surface area contributed by atoms with Crippen LogP contribution in [0.4, 0.5) is 8.78 Å². The van der Waals surface area contributed by atoms with Gasteiger partial charge in [0.1, 0.15) is 5.82 Å². The van der Waals surface area contributed by atoms with Crippen molar-refractivity contribution >= 4 is 15.9 Å². The molecule has 0 aliphatic heterocycles. The lowest BCUT2D eigenvalue weighted by Crippen LogP contribution is -2.02. The third-order valence-corrected chi connectivity index (χ3v) is 2.28. The minimum Gasteiger partial charge on any atom is -0.490 e. The molecule has 0 bridgehead atoms. The van der Waals surface area contributed by atoms with Crippen molar-refractivity contribution in [2.75, 3.05) is 11.9 Å². The minimum absolute atomic E-state index is 0.146. The first kappa shape index (κ1) is 15.4. The van der Waals surface area contributed by atoms with Crippen molar-refractivity contribution in [1.82, 2.24) is 0 Å². The maximum absolute atomic E-state index is 13.2. The average molecular weight is 295 g/mol. The summed E-state index contributed by atoms with van der Waals surface area (Å²) in [5.41, 5.74) is 0.483. The highest BCUT2D eigenvalue weighted by molar-refractivity contribution is 9.09. The fourth-order valence-corrected chi connectivity index (χ4v) is 1.33. The van der Waals surface area contributed by atoms with Gasteiger partial charge in [-0.2, -0.15) is 0 Å². The average Bonchev–Trinajstić information content (AvgIpc) is 2.25. The summed E-state index contributed by atoms with van der Waals surface area (Å²) in [5.74, 6) is -1.07. The Kier molecular flexibility index (Phi) is 8.16. The Bertz CT molecular complexity index is 293. The van der Waals surface area contributed by atoms with Crippen molar-refractivity contribution in [1.29, 1.82) is 0 Å². The SMILES string of the molecule is CC.Cc1cc(F)cc(F)c1OCCCBr. The molecule has 1 aromatic rings.